The Balaban J connectivity index is 1.76. The maximum atomic E-state index is 12.1. The highest BCUT2D eigenvalue weighted by molar-refractivity contribution is 5.89. The number of carbonyl (C=O) groups excluding carboxylic acids is 2. The maximum Gasteiger partial charge on any atom is 0.573 e. The summed E-state index contributed by atoms with van der Waals surface area (Å²) in [6.07, 6.45) is -4.00. The van der Waals surface area contributed by atoms with Crippen molar-refractivity contribution in [2.24, 2.45) is 5.92 Å². The first-order valence-corrected chi connectivity index (χ1v) is 7.68. The molecule has 1 saturated heterocycles. The van der Waals surface area contributed by atoms with Crippen molar-refractivity contribution in [2.75, 3.05) is 19.6 Å². The van der Waals surface area contributed by atoms with Gasteiger partial charge in [-0.1, -0.05) is 12.1 Å². The zero-order valence-electron chi connectivity index (χ0n) is 13.2. The highest BCUT2D eigenvalue weighted by Crippen LogP contribution is 2.22. The van der Waals surface area contributed by atoms with Gasteiger partial charge in [0.2, 0.25) is 11.8 Å². The predicted octanol–water partition coefficient (Wildman–Crippen LogP) is 2.11. The van der Waals surface area contributed by atoms with Gasteiger partial charge in [-0.05, 0) is 31.0 Å². The topological polar surface area (TPSA) is 58.6 Å². The Bertz CT molecular complexity index is 587. The molecule has 0 aliphatic carbocycles. The van der Waals surface area contributed by atoms with Crippen LogP contribution in [-0.2, 0) is 16.0 Å². The van der Waals surface area contributed by atoms with Gasteiger partial charge >= 0.3 is 6.36 Å². The van der Waals surface area contributed by atoms with E-state index in [4.69, 9.17) is 0 Å². The van der Waals surface area contributed by atoms with Crippen molar-refractivity contribution in [3.8, 4) is 5.75 Å². The molecule has 2 amide bonds. The van der Waals surface area contributed by atoms with Gasteiger partial charge in [0.15, 0.2) is 0 Å². The van der Waals surface area contributed by atoms with Gasteiger partial charge in [0.05, 0.1) is 5.92 Å². The summed E-state index contributed by atoms with van der Waals surface area (Å²) < 4.78 is 40.0. The van der Waals surface area contributed by atoms with E-state index >= 15 is 0 Å². The van der Waals surface area contributed by atoms with Gasteiger partial charge in [0, 0.05) is 26.1 Å². The van der Waals surface area contributed by atoms with Crippen molar-refractivity contribution < 1.29 is 27.5 Å². The van der Waals surface area contributed by atoms with Crippen LogP contribution in [0.5, 0.6) is 5.75 Å². The van der Waals surface area contributed by atoms with E-state index in [1.54, 1.807) is 4.90 Å². The molecule has 0 aromatic heterocycles. The van der Waals surface area contributed by atoms with Crippen LogP contribution in [0.3, 0.4) is 0 Å². The summed E-state index contributed by atoms with van der Waals surface area (Å²) in [7, 11) is 0. The molecule has 0 unspecified atom stereocenters. The fourth-order valence-corrected chi connectivity index (χ4v) is 2.59. The number of halogens is 3. The molecule has 8 heteroatoms. The Morgan fingerprint density at radius 3 is 2.54 bits per heavy atom. The van der Waals surface area contributed by atoms with Gasteiger partial charge < -0.3 is 15.0 Å². The number of benzene rings is 1. The van der Waals surface area contributed by atoms with E-state index in [-0.39, 0.29) is 29.9 Å². The Kier molecular flexibility index (Phi) is 5.69. The second kappa shape index (κ2) is 7.55. The minimum absolute atomic E-state index is 0.0158. The van der Waals surface area contributed by atoms with Crippen molar-refractivity contribution in [2.45, 2.75) is 26.1 Å². The predicted molar refractivity (Wildman–Crippen MR) is 80.2 cm³/mol. The SMILES string of the molecule is CCN1C[C@@H](C(=O)NCCc2ccc(OC(F)(F)F)cc2)CC1=O. The number of rotatable bonds is 6. The maximum absolute atomic E-state index is 12.1. The highest BCUT2D eigenvalue weighted by Gasteiger charge is 2.33. The average Bonchev–Trinajstić information content (AvgIpc) is 2.88. The van der Waals surface area contributed by atoms with Gasteiger partial charge in [-0.25, -0.2) is 0 Å². The Morgan fingerprint density at radius 1 is 1.33 bits per heavy atom. The highest BCUT2D eigenvalue weighted by atomic mass is 19.4. The molecule has 24 heavy (non-hydrogen) atoms. The van der Waals surface area contributed by atoms with E-state index < -0.39 is 6.36 Å². The van der Waals surface area contributed by atoms with E-state index in [0.29, 0.717) is 26.1 Å². The molecule has 132 valence electrons. The third kappa shape index (κ3) is 5.14. The lowest BCUT2D eigenvalue weighted by Gasteiger charge is -2.13. The first-order chi connectivity index (χ1) is 11.3. The van der Waals surface area contributed by atoms with Crippen molar-refractivity contribution in [1.29, 1.82) is 0 Å². The van der Waals surface area contributed by atoms with Crippen LogP contribution in [0, 0.1) is 5.92 Å². The zero-order valence-corrected chi connectivity index (χ0v) is 13.2. The van der Waals surface area contributed by atoms with Crippen LogP contribution in [-0.4, -0.2) is 42.7 Å². The van der Waals surface area contributed by atoms with Crippen molar-refractivity contribution in [3.05, 3.63) is 29.8 Å². The summed E-state index contributed by atoms with van der Waals surface area (Å²) in [6, 6.07) is 5.51. The number of hydrogen-bond donors (Lipinski definition) is 1. The molecule has 1 N–H and O–H groups in total. The van der Waals surface area contributed by atoms with Crippen LogP contribution in [0.15, 0.2) is 24.3 Å². The van der Waals surface area contributed by atoms with Gasteiger partial charge in [-0.2, -0.15) is 0 Å². The number of nitrogens with zero attached hydrogens (tertiary/aromatic N) is 1. The van der Waals surface area contributed by atoms with Gasteiger partial charge in [0.1, 0.15) is 5.75 Å². The quantitative estimate of drug-likeness (QED) is 0.860. The molecule has 2 rings (SSSR count). The third-order valence-corrected chi connectivity index (χ3v) is 3.84. The number of alkyl halides is 3. The zero-order chi connectivity index (χ0) is 17.7. The molecule has 0 saturated carbocycles. The van der Waals surface area contributed by atoms with E-state index in [2.05, 4.69) is 10.1 Å². The minimum Gasteiger partial charge on any atom is -0.406 e. The average molecular weight is 344 g/mol. The van der Waals surface area contributed by atoms with Gasteiger partial charge in [0.25, 0.3) is 0 Å². The lowest BCUT2D eigenvalue weighted by molar-refractivity contribution is -0.274. The first kappa shape index (κ1) is 18.1. The fraction of sp³-hybridized carbons (Fsp3) is 0.500. The van der Waals surface area contributed by atoms with Crippen molar-refractivity contribution in [3.63, 3.8) is 0 Å². The number of likely N-dealkylation sites (tertiary alicyclic amines) is 1. The van der Waals surface area contributed by atoms with Crippen LogP contribution in [0.1, 0.15) is 18.9 Å². The number of ether oxygens (including phenoxy) is 1. The van der Waals surface area contributed by atoms with Gasteiger partial charge in [-0.3, -0.25) is 9.59 Å². The van der Waals surface area contributed by atoms with Crippen LogP contribution >= 0.6 is 0 Å². The summed E-state index contributed by atoms with van der Waals surface area (Å²) in [5.41, 5.74) is 0.780. The van der Waals surface area contributed by atoms with Crippen LogP contribution in [0.4, 0.5) is 13.2 Å². The normalized spacial score (nSPS) is 17.9. The summed E-state index contributed by atoms with van der Waals surface area (Å²) in [5.74, 6) is -0.798. The molecular formula is C16H19F3N2O3. The molecule has 1 aromatic rings. The van der Waals surface area contributed by atoms with E-state index in [9.17, 15) is 22.8 Å². The van der Waals surface area contributed by atoms with E-state index in [0.717, 1.165) is 5.56 Å². The largest absolute Gasteiger partial charge is 0.573 e. The minimum atomic E-state index is -4.71. The van der Waals surface area contributed by atoms with E-state index in [1.165, 1.54) is 24.3 Å². The lowest BCUT2D eigenvalue weighted by atomic mass is 10.1. The van der Waals surface area contributed by atoms with Crippen LogP contribution in [0.25, 0.3) is 0 Å². The molecule has 1 aliphatic rings. The molecule has 1 heterocycles. The van der Waals surface area contributed by atoms with Crippen LogP contribution < -0.4 is 10.1 Å². The fourth-order valence-electron chi connectivity index (χ4n) is 2.59. The summed E-state index contributed by atoms with van der Waals surface area (Å²) >= 11 is 0. The Morgan fingerprint density at radius 2 is 2.00 bits per heavy atom. The third-order valence-electron chi connectivity index (χ3n) is 3.84. The summed E-state index contributed by atoms with van der Waals surface area (Å²) in [5, 5.41) is 2.76. The number of hydrogen-bond acceptors (Lipinski definition) is 3. The molecule has 1 aromatic carbocycles. The molecule has 0 radical (unpaired) electrons. The van der Waals surface area contributed by atoms with E-state index in [1.807, 2.05) is 6.92 Å². The Hall–Kier alpha value is -2.25. The molecule has 0 bridgehead atoms. The van der Waals surface area contributed by atoms with Crippen molar-refractivity contribution >= 4 is 11.8 Å². The monoisotopic (exact) mass is 344 g/mol. The molecule has 1 aliphatic heterocycles. The molecule has 1 fully saturated rings. The summed E-state index contributed by atoms with van der Waals surface area (Å²) in [4.78, 5) is 25.3. The molecule has 1 atom stereocenters. The van der Waals surface area contributed by atoms with Gasteiger partial charge in [-0.15, -0.1) is 13.2 Å². The first-order valence-electron chi connectivity index (χ1n) is 7.68. The molecule has 5 nitrogen and oxygen atoms in total. The van der Waals surface area contributed by atoms with Crippen molar-refractivity contribution in [1.82, 2.24) is 10.2 Å². The number of amides is 2. The number of carbonyl (C=O) groups is 2. The Labute approximate surface area is 137 Å². The molecular weight excluding hydrogens is 325 g/mol. The molecule has 0 spiro atoms. The second-order valence-electron chi connectivity index (χ2n) is 5.57. The number of nitrogens with one attached hydrogen (secondary N) is 1. The smallest absolute Gasteiger partial charge is 0.406 e. The lowest BCUT2D eigenvalue weighted by Crippen LogP contribution is -2.34. The summed E-state index contributed by atoms with van der Waals surface area (Å²) in [6.45, 7) is 3.25. The van der Waals surface area contributed by atoms with Crippen LogP contribution in [0.2, 0.25) is 0 Å². The standard InChI is InChI=1S/C16H19F3N2O3/c1-2-21-10-12(9-14(21)22)15(23)20-8-7-11-3-5-13(6-4-11)24-16(17,18)19/h3-6,12H,2,7-10H2,1H3,(H,20,23)/t12-/m0/s1. The second-order valence-corrected chi connectivity index (χ2v) is 5.57.